The van der Waals surface area contributed by atoms with Gasteiger partial charge in [0.1, 0.15) is 0 Å². The van der Waals surface area contributed by atoms with Crippen molar-refractivity contribution in [2.24, 2.45) is 5.73 Å². The van der Waals surface area contributed by atoms with Crippen LogP contribution in [0.5, 0.6) is 0 Å². The second-order valence-electron chi connectivity index (χ2n) is 5.95. The summed E-state index contributed by atoms with van der Waals surface area (Å²) in [5.74, 6) is 0. The fourth-order valence-corrected chi connectivity index (χ4v) is 3.28. The first-order valence-electron chi connectivity index (χ1n) is 7.90. The Labute approximate surface area is 127 Å². The van der Waals surface area contributed by atoms with E-state index in [1.807, 2.05) is 0 Å². The zero-order valence-corrected chi connectivity index (χ0v) is 12.7. The maximum Gasteiger partial charge on any atom is 0.0503 e. The van der Waals surface area contributed by atoms with Crippen LogP contribution >= 0.6 is 0 Å². The van der Waals surface area contributed by atoms with Crippen molar-refractivity contribution in [3.8, 4) is 0 Å². The van der Waals surface area contributed by atoms with Crippen molar-refractivity contribution in [1.82, 2.24) is 4.90 Å². The SMILES string of the molecule is CCc1ccc(CN2CC[C@H](N)[C@@H]2c2ccccc2)cc1. The van der Waals surface area contributed by atoms with Gasteiger partial charge in [-0.2, -0.15) is 0 Å². The molecule has 2 N–H and O–H groups in total. The van der Waals surface area contributed by atoms with Crippen molar-refractivity contribution in [3.63, 3.8) is 0 Å². The molecule has 2 aromatic rings. The second-order valence-corrected chi connectivity index (χ2v) is 5.95. The van der Waals surface area contributed by atoms with Crippen LogP contribution in [0, 0.1) is 0 Å². The van der Waals surface area contributed by atoms with Gasteiger partial charge in [0.2, 0.25) is 0 Å². The van der Waals surface area contributed by atoms with Crippen LogP contribution < -0.4 is 5.73 Å². The van der Waals surface area contributed by atoms with E-state index >= 15 is 0 Å². The Morgan fingerprint density at radius 2 is 1.67 bits per heavy atom. The van der Waals surface area contributed by atoms with Gasteiger partial charge in [0.25, 0.3) is 0 Å². The zero-order valence-electron chi connectivity index (χ0n) is 12.7. The molecule has 0 amide bonds. The number of nitrogens with zero attached hydrogens (tertiary/aromatic N) is 1. The van der Waals surface area contributed by atoms with E-state index in [0.29, 0.717) is 6.04 Å². The average molecular weight is 280 g/mol. The van der Waals surface area contributed by atoms with E-state index in [0.717, 1.165) is 25.9 Å². The van der Waals surface area contributed by atoms with E-state index in [1.165, 1.54) is 16.7 Å². The fourth-order valence-electron chi connectivity index (χ4n) is 3.28. The minimum Gasteiger partial charge on any atom is -0.326 e. The third kappa shape index (κ3) is 3.17. The van der Waals surface area contributed by atoms with Crippen molar-refractivity contribution in [1.29, 1.82) is 0 Å². The molecule has 3 rings (SSSR count). The van der Waals surface area contributed by atoms with Crippen LogP contribution in [0.15, 0.2) is 54.6 Å². The summed E-state index contributed by atoms with van der Waals surface area (Å²) in [6, 6.07) is 20.2. The molecule has 1 heterocycles. The maximum atomic E-state index is 6.36. The lowest BCUT2D eigenvalue weighted by atomic mass is 10.0. The summed E-state index contributed by atoms with van der Waals surface area (Å²) in [6.45, 7) is 4.26. The van der Waals surface area contributed by atoms with Crippen LogP contribution in [0.2, 0.25) is 0 Å². The minimum atomic E-state index is 0.238. The molecule has 0 saturated carbocycles. The van der Waals surface area contributed by atoms with Crippen molar-refractivity contribution in [2.75, 3.05) is 6.54 Å². The first kappa shape index (κ1) is 14.3. The number of hydrogen-bond acceptors (Lipinski definition) is 2. The lowest BCUT2D eigenvalue weighted by Crippen LogP contribution is -2.31. The molecular weight excluding hydrogens is 256 g/mol. The van der Waals surface area contributed by atoms with E-state index in [2.05, 4.69) is 66.4 Å². The highest BCUT2D eigenvalue weighted by Crippen LogP contribution is 2.32. The molecule has 2 heteroatoms. The summed E-state index contributed by atoms with van der Waals surface area (Å²) >= 11 is 0. The van der Waals surface area contributed by atoms with Crippen LogP contribution in [0.3, 0.4) is 0 Å². The second kappa shape index (κ2) is 6.42. The molecule has 2 nitrogen and oxygen atoms in total. The Balaban J connectivity index is 1.77. The first-order valence-corrected chi connectivity index (χ1v) is 7.90. The molecule has 21 heavy (non-hydrogen) atoms. The van der Waals surface area contributed by atoms with Crippen LogP contribution in [0.25, 0.3) is 0 Å². The summed E-state index contributed by atoms with van der Waals surface area (Å²) in [5.41, 5.74) is 10.5. The fraction of sp³-hybridized carbons (Fsp3) is 0.368. The quantitative estimate of drug-likeness (QED) is 0.928. The largest absolute Gasteiger partial charge is 0.326 e. The molecule has 0 spiro atoms. The Hall–Kier alpha value is -1.64. The standard InChI is InChI=1S/C19H24N2/c1-2-15-8-10-16(11-9-15)14-21-13-12-18(20)19(21)17-6-4-3-5-7-17/h3-11,18-19H,2,12-14,20H2,1H3/t18-,19-/m0/s1. The van der Waals surface area contributed by atoms with Gasteiger partial charge in [-0.3, -0.25) is 4.90 Å². The molecule has 0 aliphatic carbocycles. The molecule has 1 saturated heterocycles. The maximum absolute atomic E-state index is 6.36. The predicted molar refractivity (Wildman–Crippen MR) is 88.0 cm³/mol. The Morgan fingerprint density at radius 3 is 2.33 bits per heavy atom. The van der Waals surface area contributed by atoms with Crippen molar-refractivity contribution < 1.29 is 0 Å². The first-order chi connectivity index (χ1) is 10.3. The zero-order chi connectivity index (χ0) is 14.7. The van der Waals surface area contributed by atoms with Gasteiger partial charge in [-0.05, 0) is 29.5 Å². The highest BCUT2D eigenvalue weighted by molar-refractivity contribution is 5.25. The van der Waals surface area contributed by atoms with Gasteiger partial charge in [0, 0.05) is 19.1 Å². The highest BCUT2D eigenvalue weighted by atomic mass is 15.2. The highest BCUT2D eigenvalue weighted by Gasteiger charge is 2.32. The number of nitrogens with two attached hydrogens (primary N) is 1. The molecule has 2 atom stereocenters. The van der Waals surface area contributed by atoms with Gasteiger partial charge in [-0.1, -0.05) is 61.5 Å². The van der Waals surface area contributed by atoms with Gasteiger partial charge in [0.05, 0.1) is 6.04 Å². The third-order valence-corrected chi connectivity index (χ3v) is 4.51. The monoisotopic (exact) mass is 280 g/mol. The van der Waals surface area contributed by atoms with Gasteiger partial charge in [0.15, 0.2) is 0 Å². The summed E-state index contributed by atoms with van der Waals surface area (Å²) < 4.78 is 0. The number of aryl methyl sites for hydroxylation is 1. The molecule has 1 fully saturated rings. The molecular formula is C19H24N2. The average Bonchev–Trinajstić information content (AvgIpc) is 2.89. The molecule has 2 aromatic carbocycles. The summed E-state index contributed by atoms with van der Waals surface area (Å²) in [6.07, 6.45) is 2.17. The molecule has 0 bridgehead atoms. The van der Waals surface area contributed by atoms with Crippen molar-refractivity contribution >= 4 is 0 Å². The van der Waals surface area contributed by atoms with Gasteiger partial charge in [-0.15, -0.1) is 0 Å². The van der Waals surface area contributed by atoms with E-state index < -0.39 is 0 Å². The van der Waals surface area contributed by atoms with Crippen LogP contribution in [-0.2, 0) is 13.0 Å². The van der Waals surface area contributed by atoms with Crippen molar-refractivity contribution in [2.45, 2.75) is 38.4 Å². The van der Waals surface area contributed by atoms with E-state index in [-0.39, 0.29) is 6.04 Å². The Bertz CT molecular complexity index is 562. The van der Waals surface area contributed by atoms with Gasteiger partial charge in [-0.25, -0.2) is 0 Å². The summed E-state index contributed by atoms with van der Waals surface area (Å²) in [5, 5.41) is 0. The number of rotatable bonds is 4. The molecule has 0 unspecified atom stereocenters. The van der Waals surface area contributed by atoms with Crippen molar-refractivity contribution in [3.05, 3.63) is 71.3 Å². The summed E-state index contributed by atoms with van der Waals surface area (Å²) in [4.78, 5) is 2.51. The third-order valence-electron chi connectivity index (χ3n) is 4.51. The number of benzene rings is 2. The lowest BCUT2D eigenvalue weighted by molar-refractivity contribution is 0.239. The van der Waals surface area contributed by atoms with E-state index in [4.69, 9.17) is 5.73 Å². The number of likely N-dealkylation sites (tertiary alicyclic amines) is 1. The van der Waals surface area contributed by atoms with Crippen LogP contribution in [0.4, 0.5) is 0 Å². The van der Waals surface area contributed by atoms with Gasteiger partial charge < -0.3 is 5.73 Å². The number of hydrogen-bond donors (Lipinski definition) is 1. The predicted octanol–water partition coefficient (Wildman–Crippen LogP) is 3.52. The summed E-state index contributed by atoms with van der Waals surface area (Å²) in [7, 11) is 0. The molecule has 0 aromatic heterocycles. The minimum absolute atomic E-state index is 0.238. The van der Waals surface area contributed by atoms with Crippen LogP contribution in [-0.4, -0.2) is 17.5 Å². The lowest BCUT2D eigenvalue weighted by Gasteiger charge is -2.27. The Morgan fingerprint density at radius 1 is 1.00 bits per heavy atom. The smallest absolute Gasteiger partial charge is 0.0503 e. The molecule has 110 valence electrons. The normalized spacial score (nSPS) is 22.6. The topological polar surface area (TPSA) is 29.3 Å². The molecule has 1 aliphatic heterocycles. The van der Waals surface area contributed by atoms with E-state index in [9.17, 15) is 0 Å². The van der Waals surface area contributed by atoms with Gasteiger partial charge >= 0.3 is 0 Å². The Kier molecular flexibility index (Phi) is 4.37. The van der Waals surface area contributed by atoms with Crippen LogP contribution in [0.1, 0.15) is 36.1 Å². The molecule has 0 radical (unpaired) electrons. The molecule has 1 aliphatic rings. The van der Waals surface area contributed by atoms with E-state index in [1.54, 1.807) is 0 Å².